The summed E-state index contributed by atoms with van der Waals surface area (Å²) in [5, 5.41) is 0. The van der Waals surface area contributed by atoms with Gasteiger partial charge in [-0.15, -0.1) is 11.6 Å². The van der Waals surface area contributed by atoms with Crippen LogP contribution in [-0.2, 0) is 4.74 Å². The number of hydrogen-bond donors (Lipinski definition) is 0. The lowest BCUT2D eigenvalue weighted by Crippen LogP contribution is -2.67. The van der Waals surface area contributed by atoms with E-state index >= 15 is 0 Å². The molecule has 0 atom stereocenters. The number of halogens is 10. The van der Waals surface area contributed by atoms with Gasteiger partial charge in [0, 0.05) is 5.88 Å². The summed E-state index contributed by atoms with van der Waals surface area (Å²) in [6, 6.07) is 0. The van der Waals surface area contributed by atoms with Crippen LogP contribution in [0.25, 0.3) is 0 Å². The first-order valence-corrected chi connectivity index (χ1v) is 4.25. The third-order valence-corrected chi connectivity index (χ3v) is 1.75. The molecule has 0 heterocycles. The molecule has 0 rings (SSSR count). The zero-order chi connectivity index (χ0) is 14.1. The van der Waals surface area contributed by atoms with Crippen LogP contribution in [-0.4, -0.2) is 36.6 Å². The summed E-state index contributed by atoms with van der Waals surface area (Å²) in [6.45, 7) is -1.56. The maximum atomic E-state index is 12.1. The van der Waals surface area contributed by atoms with E-state index in [2.05, 4.69) is 4.74 Å². The molecule has 11 heteroatoms. The van der Waals surface area contributed by atoms with Gasteiger partial charge in [0.05, 0.1) is 6.61 Å². The smallest absolute Gasteiger partial charge is 0.350 e. The second kappa shape index (κ2) is 4.71. The molecule has 0 unspecified atom stereocenters. The van der Waals surface area contributed by atoms with E-state index in [1.165, 1.54) is 0 Å². The largest absolute Gasteiger partial charge is 0.435 e. The molecule has 17 heavy (non-hydrogen) atoms. The summed E-state index contributed by atoms with van der Waals surface area (Å²) in [6.07, 6.45) is -20.1. The van der Waals surface area contributed by atoms with E-state index in [9.17, 15) is 39.5 Å². The first-order valence-electron chi connectivity index (χ1n) is 3.71. The van der Waals surface area contributed by atoms with Crippen LogP contribution in [0.15, 0.2) is 0 Å². The highest BCUT2D eigenvalue weighted by Crippen LogP contribution is 2.54. The average Bonchev–Trinajstić information content (AvgIpc) is 1.96. The van der Waals surface area contributed by atoms with E-state index in [1.807, 2.05) is 0 Å². The third-order valence-electron chi connectivity index (χ3n) is 1.59. The first-order chi connectivity index (χ1) is 7.31. The number of rotatable bonds is 3. The Hall–Kier alpha value is -0.380. The molecule has 0 aliphatic heterocycles. The average molecular weight is 299 g/mol. The van der Waals surface area contributed by atoms with Gasteiger partial charge in [-0.2, -0.15) is 39.5 Å². The van der Waals surface area contributed by atoms with E-state index in [0.29, 0.717) is 0 Å². The van der Waals surface area contributed by atoms with E-state index < -0.39 is 36.6 Å². The van der Waals surface area contributed by atoms with E-state index in [1.54, 1.807) is 0 Å². The van der Waals surface area contributed by atoms with Crippen LogP contribution in [0.3, 0.4) is 0 Å². The Morgan fingerprint density at radius 1 is 0.706 bits per heavy atom. The van der Waals surface area contributed by atoms with E-state index in [-0.39, 0.29) is 0 Å². The molecule has 1 nitrogen and oxygen atoms in total. The van der Waals surface area contributed by atoms with Crippen molar-refractivity contribution in [1.29, 1.82) is 0 Å². The van der Waals surface area contributed by atoms with Gasteiger partial charge in [-0.1, -0.05) is 0 Å². The van der Waals surface area contributed by atoms with Gasteiger partial charge in [0.1, 0.15) is 0 Å². The van der Waals surface area contributed by atoms with Crippen molar-refractivity contribution in [3.63, 3.8) is 0 Å². The Bertz CT molecular complexity index is 216. The predicted molar refractivity (Wildman–Crippen MR) is 37.6 cm³/mol. The van der Waals surface area contributed by atoms with Gasteiger partial charge in [-0.25, -0.2) is 0 Å². The molecule has 0 aromatic carbocycles. The molecular weight excluding hydrogens is 294 g/mol. The van der Waals surface area contributed by atoms with Gasteiger partial charge >= 0.3 is 24.1 Å². The summed E-state index contributed by atoms with van der Waals surface area (Å²) in [5.74, 6) is -0.954. The standard InChI is InChI=1S/C6H4ClF9O/c7-1-2-17-3(4(8,9)10,5(11,12)13)6(14,15)16/h1-2H2. The molecule has 0 saturated heterocycles. The molecule has 0 radical (unpaired) electrons. The molecule has 0 aliphatic rings. The van der Waals surface area contributed by atoms with Crippen LogP contribution >= 0.6 is 11.6 Å². The fourth-order valence-electron chi connectivity index (χ4n) is 0.919. The van der Waals surface area contributed by atoms with Gasteiger partial charge < -0.3 is 4.74 Å². The molecule has 0 saturated carbocycles. The van der Waals surface area contributed by atoms with Crippen molar-refractivity contribution in [2.75, 3.05) is 12.5 Å². The summed E-state index contributed by atoms with van der Waals surface area (Å²) in [7, 11) is 0. The minimum atomic E-state index is -6.70. The molecule has 0 bridgehead atoms. The van der Waals surface area contributed by atoms with Crippen LogP contribution in [0.2, 0.25) is 0 Å². The maximum absolute atomic E-state index is 12.1. The van der Waals surface area contributed by atoms with Crippen molar-refractivity contribution in [1.82, 2.24) is 0 Å². The Morgan fingerprint density at radius 3 is 1.18 bits per heavy atom. The summed E-state index contributed by atoms with van der Waals surface area (Å²) in [4.78, 5) is 0. The Labute approximate surface area is 93.5 Å². The molecule has 0 N–H and O–H groups in total. The van der Waals surface area contributed by atoms with Gasteiger partial charge in [0.25, 0.3) is 0 Å². The zero-order valence-corrected chi connectivity index (χ0v) is 8.36. The summed E-state index contributed by atoms with van der Waals surface area (Å²) in [5.41, 5.74) is -6.22. The predicted octanol–water partition coefficient (Wildman–Crippen LogP) is 3.67. The molecule has 0 spiro atoms. The van der Waals surface area contributed by atoms with Gasteiger partial charge in [0.2, 0.25) is 0 Å². The lowest BCUT2D eigenvalue weighted by molar-refractivity contribution is -0.456. The number of hydrogen-bond acceptors (Lipinski definition) is 1. The molecule has 0 aliphatic carbocycles. The maximum Gasteiger partial charge on any atom is 0.435 e. The molecule has 0 aromatic rings. The quantitative estimate of drug-likeness (QED) is 0.570. The van der Waals surface area contributed by atoms with Crippen molar-refractivity contribution in [3.05, 3.63) is 0 Å². The van der Waals surface area contributed by atoms with Crippen LogP contribution < -0.4 is 0 Å². The molecule has 0 fully saturated rings. The normalized spacial score (nSPS) is 15.2. The van der Waals surface area contributed by atoms with Crippen LogP contribution in [0.5, 0.6) is 0 Å². The van der Waals surface area contributed by atoms with Gasteiger partial charge in [-0.05, 0) is 0 Å². The fraction of sp³-hybridized carbons (Fsp3) is 1.00. The number of alkyl halides is 10. The SMILES string of the molecule is FC(F)(F)C(OCCCl)(C(F)(F)F)C(F)(F)F. The molecular formula is C6H4ClF9O. The Balaban J connectivity index is 5.75. The highest BCUT2D eigenvalue weighted by Gasteiger charge is 2.85. The highest BCUT2D eigenvalue weighted by molar-refractivity contribution is 6.17. The lowest BCUT2D eigenvalue weighted by Gasteiger charge is -2.37. The second-order valence-electron chi connectivity index (χ2n) is 2.71. The summed E-state index contributed by atoms with van der Waals surface area (Å²) < 4.78 is 112. The minimum absolute atomic E-state index is 0.954. The topological polar surface area (TPSA) is 9.23 Å². The Kier molecular flexibility index (Phi) is 4.61. The number of ether oxygens (including phenoxy) is 1. The molecule has 104 valence electrons. The fourth-order valence-corrected chi connectivity index (χ4v) is 0.996. The van der Waals surface area contributed by atoms with Crippen molar-refractivity contribution >= 4 is 11.6 Å². The van der Waals surface area contributed by atoms with Crippen molar-refractivity contribution in [2.45, 2.75) is 24.1 Å². The van der Waals surface area contributed by atoms with E-state index in [0.717, 1.165) is 0 Å². The van der Waals surface area contributed by atoms with E-state index in [4.69, 9.17) is 11.6 Å². The minimum Gasteiger partial charge on any atom is -0.350 e. The lowest BCUT2D eigenvalue weighted by atomic mass is 10.0. The zero-order valence-electron chi connectivity index (χ0n) is 7.60. The van der Waals surface area contributed by atoms with Crippen molar-refractivity contribution < 1.29 is 44.3 Å². The van der Waals surface area contributed by atoms with Crippen LogP contribution in [0, 0.1) is 0 Å². The molecule has 0 amide bonds. The summed E-state index contributed by atoms with van der Waals surface area (Å²) >= 11 is 4.73. The first kappa shape index (κ1) is 16.6. The molecule has 0 aromatic heterocycles. The van der Waals surface area contributed by atoms with Crippen molar-refractivity contribution in [2.24, 2.45) is 0 Å². The van der Waals surface area contributed by atoms with Crippen molar-refractivity contribution in [3.8, 4) is 0 Å². The monoisotopic (exact) mass is 298 g/mol. The highest BCUT2D eigenvalue weighted by atomic mass is 35.5. The van der Waals surface area contributed by atoms with Crippen LogP contribution in [0.4, 0.5) is 39.5 Å². The second-order valence-corrected chi connectivity index (χ2v) is 3.09. The van der Waals surface area contributed by atoms with Crippen LogP contribution in [0.1, 0.15) is 0 Å². The third kappa shape index (κ3) is 2.90. The van der Waals surface area contributed by atoms with Gasteiger partial charge in [0.15, 0.2) is 0 Å². The Morgan fingerprint density at radius 2 is 1.00 bits per heavy atom. The van der Waals surface area contributed by atoms with Gasteiger partial charge in [-0.3, -0.25) is 0 Å².